The first-order chi connectivity index (χ1) is 8.06. The average Bonchev–Trinajstić information content (AvgIpc) is 2.29. The smallest absolute Gasteiger partial charge is 0.254 e. The summed E-state index contributed by atoms with van der Waals surface area (Å²) in [5, 5.41) is 8.60. The number of hydrogen-bond donors (Lipinski definition) is 0. The van der Waals surface area contributed by atoms with E-state index in [1.165, 1.54) is 0 Å². The monoisotopic (exact) mass is 231 g/mol. The Morgan fingerprint density at radius 1 is 1.59 bits per heavy atom. The fourth-order valence-electron chi connectivity index (χ4n) is 1.61. The molecule has 0 atom stereocenters. The molecule has 1 rings (SSSR count). The van der Waals surface area contributed by atoms with Gasteiger partial charge in [0.2, 0.25) is 0 Å². The Morgan fingerprint density at radius 3 is 2.82 bits per heavy atom. The number of aromatic nitrogens is 1. The second-order valence-electron chi connectivity index (χ2n) is 4.19. The van der Waals surface area contributed by atoms with Crippen molar-refractivity contribution in [2.45, 2.75) is 33.2 Å². The lowest BCUT2D eigenvalue weighted by Gasteiger charge is -2.25. The summed E-state index contributed by atoms with van der Waals surface area (Å²) in [6, 6.07) is 5.63. The molecule has 0 saturated heterocycles. The van der Waals surface area contributed by atoms with Gasteiger partial charge in [-0.25, -0.2) is 0 Å². The zero-order chi connectivity index (χ0) is 12.8. The van der Waals surface area contributed by atoms with E-state index in [4.69, 9.17) is 5.26 Å². The van der Waals surface area contributed by atoms with Crippen LogP contribution in [0.5, 0.6) is 0 Å². The Balaban J connectivity index is 2.88. The number of nitriles is 1. The molecule has 0 aliphatic heterocycles. The van der Waals surface area contributed by atoms with E-state index in [-0.39, 0.29) is 11.9 Å². The molecule has 0 saturated carbocycles. The topological polar surface area (TPSA) is 57.0 Å². The van der Waals surface area contributed by atoms with E-state index in [0.29, 0.717) is 18.5 Å². The van der Waals surface area contributed by atoms with Gasteiger partial charge in [-0.1, -0.05) is 0 Å². The minimum atomic E-state index is -0.0410. The second-order valence-corrected chi connectivity index (χ2v) is 4.19. The Morgan fingerprint density at radius 2 is 2.29 bits per heavy atom. The van der Waals surface area contributed by atoms with Crippen LogP contribution in [0.25, 0.3) is 0 Å². The number of carbonyl (C=O) groups excluding carboxylic acids is 1. The lowest BCUT2D eigenvalue weighted by atomic mass is 10.1. The van der Waals surface area contributed by atoms with Gasteiger partial charge >= 0.3 is 0 Å². The van der Waals surface area contributed by atoms with Crippen LogP contribution >= 0.6 is 0 Å². The van der Waals surface area contributed by atoms with Crippen LogP contribution in [0.15, 0.2) is 18.3 Å². The van der Waals surface area contributed by atoms with Crippen molar-refractivity contribution in [2.75, 3.05) is 6.54 Å². The lowest BCUT2D eigenvalue weighted by molar-refractivity contribution is 0.0710. The highest BCUT2D eigenvalue weighted by Gasteiger charge is 2.18. The highest BCUT2D eigenvalue weighted by Crippen LogP contribution is 2.09. The van der Waals surface area contributed by atoms with E-state index in [9.17, 15) is 4.79 Å². The summed E-state index contributed by atoms with van der Waals surface area (Å²) in [5.74, 6) is -0.0410. The van der Waals surface area contributed by atoms with Crippen molar-refractivity contribution in [3.8, 4) is 6.07 Å². The van der Waals surface area contributed by atoms with Crippen molar-refractivity contribution < 1.29 is 4.79 Å². The van der Waals surface area contributed by atoms with Gasteiger partial charge in [-0.3, -0.25) is 9.78 Å². The van der Waals surface area contributed by atoms with E-state index >= 15 is 0 Å². The zero-order valence-corrected chi connectivity index (χ0v) is 10.5. The second kappa shape index (κ2) is 6.00. The number of rotatable bonds is 4. The number of aryl methyl sites for hydroxylation is 1. The van der Waals surface area contributed by atoms with Crippen LogP contribution in [0.4, 0.5) is 0 Å². The maximum atomic E-state index is 12.2. The molecule has 0 aromatic carbocycles. The largest absolute Gasteiger partial charge is 0.335 e. The van der Waals surface area contributed by atoms with Gasteiger partial charge in [0.05, 0.1) is 12.5 Å². The van der Waals surface area contributed by atoms with Crippen molar-refractivity contribution in [3.05, 3.63) is 29.6 Å². The first kappa shape index (κ1) is 13.2. The van der Waals surface area contributed by atoms with Crippen molar-refractivity contribution in [1.82, 2.24) is 9.88 Å². The fraction of sp³-hybridized carbons (Fsp3) is 0.462. The summed E-state index contributed by atoms with van der Waals surface area (Å²) in [4.78, 5) is 18.0. The van der Waals surface area contributed by atoms with Crippen molar-refractivity contribution in [1.29, 1.82) is 5.26 Å². The number of nitrogens with zero attached hydrogens (tertiary/aromatic N) is 3. The molecule has 4 nitrogen and oxygen atoms in total. The van der Waals surface area contributed by atoms with Crippen LogP contribution < -0.4 is 0 Å². The lowest BCUT2D eigenvalue weighted by Crippen LogP contribution is -2.37. The molecule has 0 aliphatic carbocycles. The standard InChI is InChI=1S/C13H17N3O/c1-10(2)16(8-4-6-14)13(17)12-5-7-15-11(3)9-12/h5,7,9-10H,4,8H2,1-3H3. The van der Waals surface area contributed by atoms with Crippen LogP contribution in [-0.2, 0) is 0 Å². The molecule has 1 amide bonds. The van der Waals surface area contributed by atoms with E-state index in [0.717, 1.165) is 5.69 Å². The average molecular weight is 231 g/mol. The zero-order valence-electron chi connectivity index (χ0n) is 10.5. The molecule has 90 valence electrons. The number of amides is 1. The first-order valence-corrected chi connectivity index (χ1v) is 5.67. The molecule has 0 aliphatic rings. The summed E-state index contributed by atoms with van der Waals surface area (Å²) in [6.07, 6.45) is 1.99. The Hall–Kier alpha value is -1.89. The molecule has 0 radical (unpaired) electrons. The van der Waals surface area contributed by atoms with Crippen molar-refractivity contribution >= 4 is 5.91 Å². The Labute approximate surface area is 102 Å². The van der Waals surface area contributed by atoms with Crippen LogP contribution in [0.3, 0.4) is 0 Å². The van der Waals surface area contributed by atoms with Gasteiger partial charge in [-0.15, -0.1) is 0 Å². The minimum absolute atomic E-state index is 0.0410. The van der Waals surface area contributed by atoms with Crippen LogP contribution in [-0.4, -0.2) is 28.4 Å². The molecule has 0 spiro atoms. The molecule has 4 heteroatoms. The van der Waals surface area contributed by atoms with Gasteiger partial charge in [0.15, 0.2) is 0 Å². The quantitative estimate of drug-likeness (QED) is 0.797. The molecule has 0 fully saturated rings. The molecule has 1 heterocycles. The highest BCUT2D eigenvalue weighted by atomic mass is 16.2. The van der Waals surface area contributed by atoms with Crippen LogP contribution in [0.2, 0.25) is 0 Å². The summed E-state index contributed by atoms with van der Waals surface area (Å²) in [7, 11) is 0. The molecular formula is C13H17N3O. The number of carbonyl (C=O) groups is 1. The maximum absolute atomic E-state index is 12.2. The van der Waals surface area contributed by atoms with E-state index in [1.807, 2.05) is 20.8 Å². The first-order valence-electron chi connectivity index (χ1n) is 5.67. The molecule has 0 N–H and O–H groups in total. The third-order valence-electron chi connectivity index (χ3n) is 2.49. The molecule has 0 unspecified atom stereocenters. The van der Waals surface area contributed by atoms with Gasteiger partial charge in [-0.05, 0) is 32.9 Å². The Bertz CT molecular complexity index is 435. The maximum Gasteiger partial charge on any atom is 0.254 e. The summed E-state index contributed by atoms with van der Waals surface area (Å²) in [5.41, 5.74) is 1.45. The molecule has 1 aromatic rings. The minimum Gasteiger partial charge on any atom is -0.335 e. The van der Waals surface area contributed by atoms with E-state index < -0.39 is 0 Å². The van der Waals surface area contributed by atoms with Gasteiger partial charge in [-0.2, -0.15) is 5.26 Å². The molecule has 1 aromatic heterocycles. The number of pyridine rings is 1. The Kier molecular flexibility index (Phi) is 4.65. The normalized spacial score (nSPS) is 10.1. The van der Waals surface area contributed by atoms with Crippen LogP contribution in [0, 0.1) is 18.3 Å². The molecular weight excluding hydrogens is 214 g/mol. The third kappa shape index (κ3) is 3.56. The third-order valence-corrected chi connectivity index (χ3v) is 2.49. The molecule has 17 heavy (non-hydrogen) atoms. The van der Waals surface area contributed by atoms with E-state index in [2.05, 4.69) is 11.1 Å². The van der Waals surface area contributed by atoms with E-state index in [1.54, 1.807) is 23.2 Å². The van der Waals surface area contributed by atoms with Gasteiger partial charge in [0.25, 0.3) is 5.91 Å². The summed E-state index contributed by atoms with van der Waals surface area (Å²) < 4.78 is 0. The predicted molar refractivity (Wildman–Crippen MR) is 65.4 cm³/mol. The van der Waals surface area contributed by atoms with Gasteiger partial charge in [0, 0.05) is 30.0 Å². The van der Waals surface area contributed by atoms with Gasteiger partial charge < -0.3 is 4.90 Å². The molecule has 0 bridgehead atoms. The van der Waals surface area contributed by atoms with Crippen molar-refractivity contribution in [2.24, 2.45) is 0 Å². The fourth-order valence-corrected chi connectivity index (χ4v) is 1.61. The van der Waals surface area contributed by atoms with Crippen LogP contribution in [0.1, 0.15) is 36.3 Å². The van der Waals surface area contributed by atoms with Crippen molar-refractivity contribution in [3.63, 3.8) is 0 Å². The van der Waals surface area contributed by atoms with Gasteiger partial charge in [0.1, 0.15) is 0 Å². The predicted octanol–water partition coefficient (Wildman–Crippen LogP) is 2.15. The summed E-state index contributed by atoms with van der Waals surface area (Å²) in [6.45, 7) is 6.22. The highest BCUT2D eigenvalue weighted by molar-refractivity contribution is 5.94. The number of hydrogen-bond acceptors (Lipinski definition) is 3. The summed E-state index contributed by atoms with van der Waals surface area (Å²) >= 11 is 0. The SMILES string of the molecule is Cc1cc(C(=O)N(CCC#N)C(C)C)ccn1.